The van der Waals surface area contributed by atoms with E-state index in [1.807, 2.05) is 0 Å². The number of carbonyl (C=O) groups excluding carboxylic acids is 4. The highest BCUT2D eigenvalue weighted by molar-refractivity contribution is 7.99. The van der Waals surface area contributed by atoms with Crippen LogP contribution >= 0.6 is 11.8 Å². The Balaban J connectivity index is 2.54. The van der Waals surface area contributed by atoms with E-state index < -0.39 is 17.3 Å². The van der Waals surface area contributed by atoms with Crippen LogP contribution in [0.4, 0.5) is 0 Å². The van der Waals surface area contributed by atoms with Crippen LogP contribution in [0.1, 0.15) is 26.2 Å². The summed E-state index contributed by atoms with van der Waals surface area (Å²) < 4.78 is 4.17. The molecule has 0 radical (unpaired) electrons. The van der Waals surface area contributed by atoms with Crippen molar-refractivity contribution in [2.75, 3.05) is 11.5 Å². The molecule has 2 atom stereocenters. The van der Waals surface area contributed by atoms with Gasteiger partial charge in [-0.2, -0.15) is 11.8 Å². The van der Waals surface area contributed by atoms with E-state index in [0.29, 0.717) is 12.2 Å². The molecule has 19 heavy (non-hydrogen) atoms. The van der Waals surface area contributed by atoms with Gasteiger partial charge in [-0.25, -0.2) is 4.79 Å². The zero-order valence-corrected chi connectivity index (χ0v) is 11.5. The Morgan fingerprint density at radius 3 is 2.74 bits per heavy atom. The third-order valence-corrected chi connectivity index (χ3v) is 4.53. The van der Waals surface area contributed by atoms with Crippen LogP contribution in [-0.2, 0) is 23.9 Å². The maximum atomic E-state index is 11.5. The van der Waals surface area contributed by atoms with E-state index in [-0.39, 0.29) is 23.9 Å². The molecule has 1 aliphatic carbocycles. The molecule has 0 aromatic rings. The van der Waals surface area contributed by atoms with Crippen molar-refractivity contribution in [1.82, 2.24) is 0 Å². The lowest BCUT2D eigenvalue weighted by Crippen LogP contribution is -2.57. The fraction of sp³-hybridized carbons (Fsp3) is 0.667. The van der Waals surface area contributed by atoms with Crippen molar-refractivity contribution in [2.24, 2.45) is 11.7 Å². The lowest BCUT2D eigenvalue weighted by Gasteiger charge is -2.22. The Labute approximate surface area is 115 Å². The SMILES string of the molecule is CC(=O)C(N)(CSCC1CCCC1=O)C(=O)OC=O. The number of ether oxygens (including phenoxy) is 1. The van der Waals surface area contributed by atoms with Gasteiger partial charge in [0.05, 0.1) is 0 Å². The molecule has 7 heteroatoms. The highest BCUT2D eigenvalue weighted by atomic mass is 32.2. The van der Waals surface area contributed by atoms with Gasteiger partial charge in [0.1, 0.15) is 5.78 Å². The van der Waals surface area contributed by atoms with Crippen LogP contribution in [0.15, 0.2) is 0 Å². The monoisotopic (exact) mass is 287 g/mol. The minimum absolute atomic E-state index is 0.00120. The predicted molar refractivity (Wildman–Crippen MR) is 69.4 cm³/mol. The summed E-state index contributed by atoms with van der Waals surface area (Å²) in [5.74, 6) is -0.903. The lowest BCUT2D eigenvalue weighted by molar-refractivity contribution is -0.157. The summed E-state index contributed by atoms with van der Waals surface area (Å²) in [7, 11) is 0. The minimum atomic E-state index is -1.83. The lowest BCUT2D eigenvalue weighted by atomic mass is 9.99. The molecule has 6 nitrogen and oxygen atoms in total. The second kappa shape index (κ2) is 6.81. The van der Waals surface area contributed by atoms with E-state index in [0.717, 1.165) is 12.8 Å². The molecule has 0 aliphatic heterocycles. The summed E-state index contributed by atoms with van der Waals surface area (Å²) >= 11 is 1.26. The van der Waals surface area contributed by atoms with Crippen LogP contribution in [0.5, 0.6) is 0 Å². The Kier molecular flexibility index (Phi) is 5.68. The highest BCUT2D eigenvalue weighted by Gasteiger charge is 2.41. The van der Waals surface area contributed by atoms with Crippen molar-refractivity contribution in [1.29, 1.82) is 0 Å². The fourth-order valence-corrected chi connectivity index (χ4v) is 3.28. The van der Waals surface area contributed by atoms with Crippen molar-refractivity contribution in [2.45, 2.75) is 31.7 Å². The van der Waals surface area contributed by atoms with E-state index in [9.17, 15) is 19.2 Å². The van der Waals surface area contributed by atoms with Gasteiger partial charge in [0.25, 0.3) is 0 Å². The number of rotatable bonds is 7. The third kappa shape index (κ3) is 3.87. The van der Waals surface area contributed by atoms with Crippen LogP contribution in [0, 0.1) is 5.92 Å². The van der Waals surface area contributed by atoms with Gasteiger partial charge in [-0.3, -0.25) is 14.4 Å². The number of hydrogen-bond acceptors (Lipinski definition) is 7. The summed E-state index contributed by atoms with van der Waals surface area (Å²) in [6.45, 7) is 1.13. The van der Waals surface area contributed by atoms with E-state index in [1.165, 1.54) is 18.7 Å². The largest absolute Gasteiger partial charge is 0.394 e. The van der Waals surface area contributed by atoms with Crippen LogP contribution in [0.25, 0.3) is 0 Å². The van der Waals surface area contributed by atoms with Crippen LogP contribution in [0.2, 0.25) is 0 Å². The number of nitrogens with two attached hydrogens (primary N) is 1. The molecule has 1 aliphatic rings. The maximum Gasteiger partial charge on any atom is 0.342 e. The maximum absolute atomic E-state index is 11.5. The highest BCUT2D eigenvalue weighted by Crippen LogP contribution is 2.26. The molecule has 1 rings (SSSR count). The van der Waals surface area contributed by atoms with Crippen LogP contribution in [0.3, 0.4) is 0 Å². The Hall–Kier alpha value is -1.21. The van der Waals surface area contributed by atoms with Gasteiger partial charge in [0.15, 0.2) is 11.3 Å². The standard InChI is InChI=1S/C12H17NO5S/c1-8(15)12(13,11(17)18-7-14)6-19-5-9-3-2-4-10(9)16/h7,9H,2-6,13H2,1H3. The van der Waals surface area contributed by atoms with Crippen LogP contribution < -0.4 is 5.73 Å². The molecule has 1 saturated carbocycles. The number of carbonyl (C=O) groups is 4. The van der Waals surface area contributed by atoms with Gasteiger partial charge in [-0.1, -0.05) is 0 Å². The molecule has 106 valence electrons. The zero-order valence-electron chi connectivity index (χ0n) is 10.7. The molecule has 2 unspecified atom stereocenters. The van der Waals surface area contributed by atoms with Crippen molar-refractivity contribution in [3.8, 4) is 0 Å². The number of esters is 1. The molecule has 0 saturated heterocycles. The number of ketones is 2. The normalized spacial score (nSPS) is 21.8. The summed E-state index contributed by atoms with van der Waals surface area (Å²) in [6.07, 6.45) is 2.32. The Morgan fingerprint density at radius 2 is 2.26 bits per heavy atom. The molecule has 2 N–H and O–H groups in total. The smallest absolute Gasteiger partial charge is 0.342 e. The van der Waals surface area contributed by atoms with E-state index in [1.54, 1.807) is 0 Å². The van der Waals surface area contributed by atoms with E-state index in [2.05, 4.69) is 4.74 Å². The molecule has 1 fully saturated rings. The molecule has 0 amide bonds. The summed E-state index contributed by atoms with van der Waals surface area (Å²) in [6, 6.07) is 0. The van der Waals surface area contributed by atoms with Crippen molar-refractivity contribution >= 4 is 35.8 Å². The van der Waals surface area contributed by atoms with Gasteiger partial charge in [0, 0.05) is 23.8 Å². The Bertz CT molecular complexity index is 398. The molecule has 0 spiro atoms. The zero-order chi connectivity index (χ0) is 14.5. The quantitative estimate of drug-likeness (QED) is 0.401. The molecule has 0 aromatic carbocycles. The van der Waals surface area contributed by atoms with Gasteiger partial charge in [-0.15, -0.1) is 0 Å². The first-order valence-electron chi connectivity index (χ1n) is 5.97. The second-order valence-corrected chi connectivity index (χ2v) is 5.63. The number of hydrogen-bond donors (Lipinski definition) is 1. The summed E-state index contributed by atoms with van der Waals surface area (Å²) in [5, 5.41) is 0. The molecular formula is C12H17NO5S. The topological polar surface area (TPSA) is 104 Å². The molecule has 0 aromatic heterocycles. The van der Waals surface area contributed by atoms with Gasteiger partial charge < -0.3 is 10.5 Å². The van der Waals surface area contributed by atoms with Gasteiger partial charge in [-0.05, 0) is 19.8 Å². The predicted octanol–water partition coefficient (Wildman–Crippen LogP) is 0.0749. The van der Waals surface area contributed by atoms with Crippen molar-refractivity contribution in [3.63, 3.8) is 0 Å². The first kappa shape index (κ1) is 15.8. The first-order valence-corrected chi connectivity index (χ1v) is 7.12. The van der Waals surface area contributed by atoms with E-state index in [4.69, 9.17) is 5.73 Å². The van der Waals surface area contributed by atoms with Gasteiger partial charge >= 0.3 is 12.4 Å². The van der Waals surface area contributed by atoms with Gasteiger partial charge in [0.2, 0.25) is 0 Å². The molecular weight excluding hydrogens is 270 g/mol. The second-order valence-electron chi connectivity index (χ2n) is 4.60. The third-order valence-electron chi connectivity index (χ3n) is 3.23. The average Bonchev–Trinajstić information content (AvgIpc) is 2.75. The first-order chi connectivity index (χ1) is 8.91. The van der Waals surface area contributed by atoms with E-state index >= 15 is 0 Å². The summed E-state index contributed by atoms with van der Waals surface area (Å²) in [5.41, 5.74) is 3.87. The minimum Gasteiger partial charge on any atom is -0.394 e. The van der Waals surface area contributed by atoms with Crippen molar-refractivity contribution < 1.29 is 23.9 Å². The average molecular weight is 287 g/mol. The summed E-state index contributed by atoms with van der Waals surface area (Å²) in [4.78, 5) is 44.6. The molecule has 0 heterocycles. The number of thioether (sulfide) groups is 1. The van der Waals surface area contributed by atoms with Crippen molar-refractivity contribution in [3.05, 3.63) is 0 Å². The molecule has 0 bridgehead atoms. The van der Waals surface area contributed by atoms with Crippen LogP contribution in [-0.4, -0.2) is 41.1 Å². The fourth-order valence-electron chi connectivity index (χ4n) is 1.88. The Morgan fingerprint density at radius 1 is 1.58 bits per heavy atom. The number of Topliss-reactive ketones (excluding diaryl/α,β-unsaturated/α-hetero) is 2.